The van der Waals surface area contributed by atoms with Crippen LogP contribution in [0, 0.1) is 0 Å². The molecule has 4 aromatic rings. The number of nitrogens with zero attached hydrogens (tertiary/aromatic N) is 5. The average molecular weight is 487 g/mol. The van der Waals surface area contributed by atoms with Crippen LogP contribution in [0.3, 0.4) is 0 Å². The Kier molecular flexibility index (Phi) is 7.11. The summed E-state index contributed by atoms with van der Waals surface area (Å²) in [7, 11) is 0. The summed E-state index contributed by atoms with van der Waals surface area (Å²) in [6.07, 6.45) is 4.18. The first-order valence-electron chi connectivity index (χ1n) is 12.1. The van der Waals surface area contributed by atoms with Crippen LogP contribution in [-0.2, 0) is 9.53 Å². The number of fused-ring (bicyclic) bond motifs is 1. The number of anilines is 1. The van der Waals surface area contributed by atoms with Crippen LogP contribution in [0.4, 0.5) is 5.82 Å². The van der Waals surface area contributed by atoms with Gasteiger partial charge in [0.05, 0.1) is 18.6 Å². The van der Waals surface area contributed by atoms with Crippen LogP contribution in [0.5, 0.6) is 11.5 Å². The van der Waals surface area contributed by atoms with E-state index in [0.29, 0.717) is 23.4 Å². The second-order valence-corrected chi connectivity index (χ2v) is 8.73. The van der Waals surface area contributed by atoms with E-state index in [-0.39, 0.29) is 5.91 Å². The smallest absolute Gasteiger partial charge is 0.238 e. The number of carbonyl (C=O) groups excluding carboxylic acids is 1. The summed E-state index contributed by atoms with van der Waals surface area (Å²) in [5.41, 5.74) is 8.69. The van der Waals surface area contributed by atoms with E-state index in [2.05, 4.69) is 14.9 Å². The Balaban J connectivity index is 1.42. The van der Waals surface area contributed by atoms with Crippen LogP contribution >= 0.6 is 0 Å². The van der Waals surface area contributed by atoms with E-state index in [4.69, 9.17) is 15.2 Å². The van der Waals surface area contributed by atoms with Crippen molar-refractivity contribution >= 4 is 22.8 Å². The lowest BCUT2D eigenvalue weighted by Gasteiger charge is -2.28. The number of para-hydroxylation sites is 1. The molecule has 0 bridgehead atoms. The van der Waals surface area contributed by atoms with E-state index in [1.807, 2.05) is 60.8 Å². The van der Waals surface area contributed by atoms with Gasteiger partial charge in [0.2, 0.25) is 5.91 Å². The van der Waals surface area contributed by atoms with Crippen molar-refractivity contribution in [1.82, 2.24) is 19.5 Å². The summed E-state index contributed by atoms with van der Waals surface area (Å²) in [4.78, 5) is 23.8. The minimum absolute atomic E-state index is 0.0655. The third kappa shape index (κ3) is 5.17. The number of benzene rings is 2. The van der Waals surface area contributed by atoms with Crippen LogP contribution < -0.4 is 15.5 Å². The number of aromatic nitrogens is 3. The standard InChI is InChI=1S/C27H30N6O3/c1-20(34)32(13-5-12-31-14-16-35-17-15-31)33-18-24(25-26(28)29-19-30-27(25)33)21-8-10-23(11-9-21)36-22-6-3-2-4-7-22/h2-4,6-11,18-19H,5,12-17H2,1H3,(H2,28,29,30). The fourth-order valence-corrected chi connectivity index (χ4v) is 4.49. The summed E-state index contributed by atoms with van der Waals surface area (Å²) in [6, 6.07) is 17.4. The normalized spacial score (nSPS) is 14.1. The van der Waals surface area contributed by atoms with Gasteiger partial charge in [0.15, 0.2) is 5.65 Å². The van der Waals surface area contributed by atoms with Crippen molar-refractivity contribution < 1.29 is 14.3 Å². The Labute approximate surface area is 210 Å². The van der Waals surface area contributed by atoms with Gasteiger partial charge in [-0.2, -0.15) is 0 Å². The molecule has 2 aromatic carbocycles. The molecule has 1 saturated heterocycles. The fourth-order valence-electron chi connectivity index (χ4n) is 4.49. The fraction of sp³-hybridized carbons (Fsp3) is 0.296. The molecule has 0 unspecified atom stereocenters. The van der Waals surface area contributed by atoms with Crippen molar-refractivity contribution in [2.24, 2.45) is 0 Å². The molecule has 1 aliphatic rings. The minimum Gasteiger partial charge on any atom is -0.457 e. The van der Waals surface area contributed by atoms with Gasteiger partial charge in [-0.1, -0.05) is 30.3 Å². The third-order valence-electron chi connectivity index (χ3n) is 6.31. The molecule has 9 nitrogen and oxygen atoms in total. The summed E-state index contributed by atoms with van der Waals surface area (Å²) in [6.45, 7) is 6.39. The maximum Gasteiger partial charge on any atom is 0.238 e. The van der Waals surface area contributed by atoms with Gasteiger partial charge in [-0.05, 0) is 36.2 Å². The molecule has 36 heavy (non-hydrogen) atoms. The highest BCUT2D eigenvalue weighted by Gasteiger charge is 2.21. The molecule has 3 heterocycles. The number of nitrogens with two attached hydrogens (primary N) is 1. The summed E-state index contributed by atoms with van der Waals surface area (Å²) in [5.74, 6) is 1.81. The Morgan fingerprint density at radius 1 is 1.06 bits per heavy atom. The number of hydrogen-bond donors (Lipinski definition) is 1. The van der Waals surface area contributed by atoms with E-state index in [1.165, 1.54) is 6.33 Å². The molecule has 186 valence electrons. The molecule has 1 aliphatic heterocycles. The quantitative estimate of drug-likeness (QED) is 0.406. The van der Waals surface area contributed by atoms with E-state index >= 15 is 0 Å². The van der Waals surface area contributed by atoms with E-state index < -0.39 is 0 Å². The maximum absolute atomic E-state index is 12.7. The minimum atomic E-state index is -0.0655. The van der Waals surface area contributed by atoms with Gasteiger partial charge in [0, 0.05) is 44.9 Å². The van der Waals surface area contributed by atoms with Crippen molar-refractivity contribution in [2.75, 3.05) is 50.1 Å². The molecule has 2 aromatic heterocycles. The zero-order valence-electron chi connectivity index (χ0n) is 20.3. The van der Waals surface area contributed by atoms with Crippen molar-refractivity contribution in [3.05, 3.63) is 67.1 Å². The lowest BCUT2D eigenvalue weighted by Crippen LogP contribution is -2.42. The third-order valence-corrected chi connectivity index (χ3v) is 6.31. The number of ether oxygens (including phenoxy) is 2. The van der Waals surface area contributed by atoms with Crippen molar-refractivity contribution in [3.63, 3.8) is 0 Å². The summed E-state index contributed by atoms with van der Waals surface area (Å²) < 4.78 is 13.2. The van der Waals surface area contributed by atoms with Crippen molar-refractivity contribution in [1.29, 1.82) is 0 Å². The molecule has 1 fully saturated rings. The number of morpholine rings is 1. The first-order chi connectivity index (χ1) is 17.6. The Morgan fingerprint density at radius 2 is 1.78 bits per heavy atom. The molecular formula is C27H30N6O3. The Hall–Kier alpha value is -3.95. The first kappa shape index (κ1) is 23.8. The van der Waals surface area contributed by atoms with Crippen LogP contribution in [0.2, 0.25) is 0 Å². The topological polar surface area (TPSA) is 98.7 Å². The molecule has 1 amide bonds. The first-order valence-corrected chi connectivity index (χ1v) is 12.1. The molecule has 0 radical (unpaired) electrons. The number of hydrogen-bond acceptors (Lipinski definition) is 7. The van der Waals surface area contributed by atoms with Gasteiger partial charge in [0.25, 0.3) is 0 Å². The van der Waals surface area contributed by atoms with Crippen LogP contribution in [0.1, 0.15) is 13.3 Å². The maximum atomic E-state index is 12.7. The van der Waals surface area contributed by atoms with E-state index in [9.17, 15) is 4.79 Å². The largest absolute Gasteiger partial charge is 0.457 e. The van der Waals surface area contributed by atoms with Gasteiger partial charge in [-0.3, -0.25) is 9.69 Å². The van der Waals surface area contributed by atoms with Crippen LogP contribution in [-0.4, -0.2) is 64.8 Å². The van der Waals surface area contributed by atoms with E-state index in [1.54, 1.807) is 16.6 Å². The Morgan fingerprint density at radius 3 is 2.50 bits per heavy atom. The molecule has 0 spiro atoms. The summed E-state index contributed by atoms with van der Waals surface area (Å²) in [5, 5.41) is 2.43. The highest BCUT2D eigenvalue weighted by molar-refractivity contribution is 6.01. The van der Waals surface area contributed by atoms with Gasteiger partial charge in [-0.25, -0.2) is 19.7 Å². The van der Waals surface area contributed by atoms with Crippen molar-refractivity contribution in [3.8, 4) is 22.6 Å². The van der Waals surface area contributed by atoms with Crippen LogP contribution in [0.15, 0.2) is 67.1 Å². The lowest BCUT2D eigenvalue weighted by molar-refractivity contribution is -0.118. The Bertz CT molecular complexity index is 1320. The highest BCUT2D eigenvalue weighted by atomic mass is 16.5. The average Bonchev–Trinajstić information content (AvgIpc) is 3.29. The molecule has 0 saturated carbocycles. The second-order valence-electron chi connectivity index (χ2n) is 8.73. The zero-order chi connectivity index (χ0) is 24.9. The highest BCUT2D eigenvalue weighted by Crippen LogP contribution is 2.34. The number of amides is 1. The zero-order valence-corrected chi connectivity index (χ0v) is 20.3. The molecule has 0 aliphatic carbocycles. The number of carbonyl (C=O) groups is 1. The molecule has 5 rings (SSSR count). The molecule has 9 heteroatoms. The van der Waals surface area contributed by atoms with Crippen LogP contribution in [0.25, 0.3) is 22.2 Å². The molecule has 0 atom stereocenters. The summed E-state index contributed by atoms with van der Waals surface area (Å²) >= 11 is 0. The van der Waals surface area contributed by atoms with Gasteiger partial charge >= 0.3 is 0 Å². The monoisotopic (exact) mass is 486 g/mol. The van der Waals surface area contributed by atoms with Gasteiger partial charge in [0.1, 0.15) is 23.6 Å². The van der Waals surface area contributed by atoms with Gasteiger partial charge in [-0.15, -0.1) is 0 Å². The van der Waals surface area contributed by atoms with Gasteiger partial charge < -0.3 is 15.2 Å². The predicted octanol–water partition coefficient (Wildman–Crippen LogP) is 3.68. The lowest BCUT2D eigenvalue weighted by atomic mass is 10.1. The van der Waals surface area contributed by atoms with E-state index in [0.717, 1.165) is 61.9 Å². The molecular weight excluding hydrogens is 456 g/mol. The SMILES string of the molecule is CC(=O)N(CCCN1CCOCC1)n1cc(-c2ccc(Oc3ccccc3)cc2)c2c(N)ncnc21. The predicted molar refractivity (Wildman–Crippen MR) is 140 cm³/mol. The molecule has 2 N–H and O–H groups in total. The van der Waals surface area contributed by atoms with Crippen molar-refractivity contribution in [2.45, 2.75) is 13.3 Å². The number of nitrogen functional groups attached to an aromatic ring is 1. The second kappa shape index (κ2) is 10.8. The number of rotatable bonds is 8.